The molecule has 0 unspecified atom stereocenters. The van der Waals surface area contributed by atoms with Gasteiger partial charge in [-0.3, -0.25) is 20.2 Å². The van der Waals surface area contributed by atoms with Crippen molar-refractivity contribution in [3.8, 4) is 16.3 Å². The highest BCUT2D eigenvalue weighted by Gasteiger charge is 2.26. The Balaban J connectivity index is 0.000000753. The van der Waals surface area contributed by atoms with Gasteiger partial charge in [0.25, 0.3) is 5.91 Å². The second kappa shape index (κ2) is 13.0. The van der Waals surface area contributed by atoms with Gasteiger partial charge in [-0.15, -0.1) is 21.5 Å². The Bertz CT molecular complexity index is 1320. The summed E-state index contributed by atoms with van der Waals surface area (Å²) in [5.74, 6) is -1.03. The number of rotatable bonds is 8. The first kappa shape index (κ1) is 29.3. The molecule has 0 saturated carbocycles. The van der Waals surface area contributed by atoms with Gasteiger partial charge in [0.1, 0.15) is 5.01 Å². The van der Waals surface area contributed by atoms with Gasteiger partial charge in [-0.1, -0.05) is 6.07 Å². The van der Waals surface area contributed by atoms with E-state index in [1.807, 2.05) is 0 Å². The fourth-order valence-corrected chi connectivity index (χ4v) is 3.94. The van der Waals surface area contributed by atoms with Gasteiger partial charge in [0.15, 0.2) is 23.5 Å². The number of benzene rings is 1. The maximum absolute atomic E-state index is 12.4. The number of aldehydes is 1. The molecular weight excluding hydrogens is 534 g/mol. The monoisotopic (exact) mass is 561 g/mol. The lowest BCUT2D eigenvalue weighted by Gasteiger charge is -2.24. The molecule has 3 heterocycles. The van der Waals surface area contributed by atoms with Gasteiger partial charge in [-0.25, -0.2) is 9.78 Å². The number of anilines is 3. The van der Waals surface area contributed by atoms with Crippen LogP contribution < -0.4 is 20.7 Å². The number of hydrogen-bond donors (Lipinski definition) is 6. The molecule has 39 heavy (non-hydrogen) atoms. The van der Waals surface area contributed by atoms with Crippen molar-refractivity contribution < 1.29 is 39.2 Å². The van der Waals surface area contributed by atoms with Crippen LogP contribution in [0.5, 0.6) is 5.75 Å². The average Bonchev–Trinajstić information content (AvgIpc) is 3.36. The minimum atomic E-state index is -3.52. The molecule has 1 fully saturated rings. The normalized spacial score (nSPS) is 12.8. The summed E-state index contributed by atoms with van der Waals surface area (Å²) in [6.45, 7) is 2.64. The Labute approximate surface area is 226 Å². The summed E-state index contributed by atoms with van der Waals surface area (Å²) in [4.78, 5) is 41.9. The van der Waals surface area contributed by atoms with Gasteiger partial charge < -0.3 is 35.0 Å². The van der Waals surface area contributed by atoms with Crippen molar-refractivity contribution in [3.63, 3.8) is 0 Å². The van der Waals surface area contributed by atoms with E-state index in [9.17, 15) is 14.4 Å². The van der Waals surface area contributed by atoms with Gasteiger partial charge in [0, 0.05) is 12.3 Å². The lowest BCUT2D eigenvalue weighted by molar-refractivity contribution is -0.323. The molecule has 4 rings (SSSR count). The van der Waals surface area contributed by atoms with Crippen molar-refractivity contribution in [2.24, 2.45) is 0 Å². The molecule has 0 spiro atoms. The molecule has 6 N–H and O–H groups in total. The summed E-state index contributed by atoms with van der Waals surface area (Å²) in [5, 5.41) is 41.8. The van der Waals surface area contributed by atoms with Crippen molar-refractivity contribution in [3.05, 3.63) is 41.0 Å². The highest BCUT2D eigenvalue weighted by Crippen LogP contribution is 2.39. The molecule has 0 atom stereocenters. The first-order valence-corrected chi connectivity index (χ1v) is 12.1. The molecule has 0 radical (unpaired) electrons. The summed E-state index contributed by atoms with van der Waals surface area (Å²) in [6, 6.07) is 6.18. The van der Waals surface area contributed by atoms with Crippen LogP contribution in [-0.2, 0) is 4.74 Å². The van der Waals surface area contributed by atoms with E-state index in [-0.39, 0.29) is 11.5 Å². The van der Waals surface area contributed by atoms with Crippen LogP contribution in [0.2, 0.25) is 0 Å². The Morgan fingerprint density at radius 3 is 2.41 bits per heavy atom. The maximum atomic E-state index is 12.4. The third kappa shape index (κ3) is 8.13. The van der Waals surface area contributed by atoms with Crippen molar-refractivity contribution >= 4 is 46.8 Å². The fourth-order valence-electron chi connectivity index (χ4n) is 3.19. The van der Waals surface area contributed by atoms with E-state index < -0.39 is 23.8 Å². The molecule has 0 aliphatic carbocycles. The highest BCUT2D eigenvalue weighted by atomic mass is 32.1. The Hall–Kier alpha value is -4.22. The molecule has 3 aromatic rings. The Morgan fingerprint density at radius 1 is 1.15 bits per heavy atom. The average molecular weight is 562 g/mol. The molecule has 2 aromatic heterocycles. The molecule has 1 aromatic carbocycles. The molecule has 1 aliphatic rings. The third-order valence-corrected chi connectivity index (χ3v) is 6.10. The number of nitrogens with zero attached hydrogens (tertiary/aromatic N) is 4. The smallest absolute Gasteiger partial charge is 0.412 e. The SMILES string of the molecule is CN1CCC1.COC(=O)Nc1cc(Nc2cccc(-c3ncc(C=O)s3)c2OC)c(C(=O)NC(O)(O)O)nn1. The lowest BCUT2D eigenvalue weighted by Crippen LogP contribution is -2.48. The van der Waals surface area contributed by atoms with E-state index in [0.29, 0.717) is 33.2 Å². The number of likely N-dealkylation sites (tertiary alicyclic amines) is 1. The molecule has 1 saturated heterocycles. The first-order chi connectivity index (χ1) is 18.5. The molecule has 2 amide bonds. The van der Waals surface area contributed by atoms with Crippen LogP contribution in [0.3, 0.4) is 0 Å². The summed E-state index contributed by atoms with van der Waals surface area (Å²) >= 11 is 1.14. The predicted octanol–water partition coefficient (Wildman–Crippen LogP) is 0.983. The number of thiazole rings is 1. The number of methoxy groups -OCH3 is 2. The van der Waals surface area contributed by atoms with Gasteiger partial charge in [-0.2, -0.15) is 0 Å². The molecular formula is C23H27N7O8S. The summed E-state index contributed by atoms with van der Waals surface area (Å²) < 4.78 is 10.0. The lowest BCUT2D eigenvalue weighted by atomic mass is 10.1. The number of para-hydroxylation sites is 1. The zero-order chi connectivity index (χ0) is 28.6. The summed E-state index contributed by atoms with van der Waals surface area (Å²) in [5.41, 5.74) is 0.317. The zero-order valence-electron chi connectivity index (χ0n) is 21.2. The highest BCUT2D eigenvalue weighted by molar-refractivity contribution is 7.16. The number of ether oxygens (including phenoxy) is 2. The van der Waals surface area contributed by atoms with Gasteiger partial charge in [-0.05, 0) is 38.7 Å². The number of carbonyl (C=O) groups is 3. The number of carbonyl (C=O) groups excluding carboxylic acids is 3. The maximum Gasteiger partial charge on any atom is 0.412 e. The minimum absolute atomic E-state index is 0.0636. The fraction of sp³-hybridized carbons (Fsp3) is 0.304. The predicted molar refractivity (Wildman–Crippen MR) is 140 cm³/mol. The van der Waals surface area contributed by atoms with E-state index in [1.54, 1.807) is 18.2 Å². The second-order valence-electron chi connectivity index (χ2n) is 8.05. The van der Waals surface area contributed by atoms with Crippen LogP contribution in [0.4, 0.5) is 22.0 Å². The first-order valence-electron chi connectivity index (χ1n) is 11.3. The largest absolute Gasteiger partial charge is 0.494 e. The molecule has 15 nitrogen and oxygen atoms in total. The van der Waals surface area contributed by atoms with E-state index in [4.69, 9.17) is 20.1 Å². The van der Waals surface area contributed by atoms with Gasteiger partial charge >= 0.3 is 12.2 Å². The molecule has 16 heteroatoms. The van der Waals surface area contributed by atoms with Crippen molar-refractivity contribution in [1.82, 2.24) is 25.4 Å². The summed E-state index contributed by atoms with van der Waals surface area (Å²) in [6.07, 6.45) is -0.874. The number of nitrogens with one attached hydrogen (secondary N) is 3. The van der Waals surface area contributed by atoms with Crippen LogP contribution >= 0.6 is 11.3 Å². The summed E-state index contributed by atoms with van der Waals surface area (Å²) in [7, 11) is 4.68. The quantitative estimate of drug-likeness (QED) is 0.168. The van der Waals surface area contributed by atoms with E-state index in [0.717, 1.165) is 18.4 Å². The van der Waals surface area contributed by atoms with E-state index >= 15 is 0 Å². The Morgan fingerprint density at radius 2 is 1.87 bits per heavy atom. The van der Waals surface area contributed by atoms with Crippen LogP contribution in [0, 0.1) is 0 Å². The molecule has 0 bridgehead atoms. The number of aliphatic hydroxyl groups is 3. The zero-order valence-corrected chi connectivity index (χ0v) is 22.0. The number of amides is 2. The van der Waals surface area contributed by atoms with Crippen molar-refractivity contribution in [1.29, 1.82) is 0 Å². The standard InChI is InChI=1S/C19H18N6O8S.C4H9N/c1-32-15-10(17-20-7-9(8-26)34-17)4-3-5-11(15)21-12-6-13(22-18(28)33-2)24-25-14(12)16(27)23-19(29,30)31;1-5-3-2-4-5/h3-8,29-31H,1-2H3,(H,23,27)(H2,21,22,24,28);2-4H2,1H3. The number of aromatic nitrogens is 3. The number of hydrogen-bond acceptors (Lipinski definition) is 14. The van der Waals surface area contributed by atoms with Crippen LogP contribution in [0.15, 0.2) is 30.5 Å². The third-order valence-electron chi connectivity index (χ3n) is 5.14. The van der Waals surface area contributed by atoms with Crippen LogP contribution in [0.25, 0.3) is 10.6 Å². The van der Waals surface area contributed by atoms with Crippen molar-refractivity contribution in [2.45, 2.75) is 12.5 Å². The van der Waals surface area contributed by atoms with E-state index in [1.165, 1.54) is 44.2 Å². The second-order valence-corrected chi connectivity index (χ2v) is 9.11. The van der Waals surface area contributed by atoms with Gasteiger partial charge in [0.2, 0.25) is 0 Å². The Kier molecular flexibility index (Phi) is 9.80. The van der Waals surface area contributed by atoms with Crippen molar-refractivity contribution in [2.75, 3.05) is 45.0 Å². The van der Waals surface area contributed by atoms with Crippen LogP contribution in [-0.4, -0.2) is 94.1 Å². The van der Waals surface area contributed by atoms with Gasteiger partial charge in [0.05, 0.1) is 36.0 Å². The minimum Gasteiger partial charge on any atom is -0.494 e. The molecule has 208 valence electrons. The van der Waals surface area contributed by atoms with E-state index in [2.05, 4.69) is 42.5 Å². The molecule has 1 aliphatic heterocycles. The van der Waals surface area contributed by atoms with Crippen LogP contribution in [0.1, 0.15) is 26.6 Å². The topological polar surface area (TPSA) is 208 Å².